The molecule has 2 aromatic rings. The van der Waals surface area contributed by atoms with E-state index in [9.17, 15) is 4.79 Å². The molecule has 4 heteroatoms. The van der Waals surface area contributed by atoms with Gasteiger partial charge >= 0.3 is 0 Å². The lowest BCUT2D eigenvalue weighted by Crippen LogP contribution is -2.20. The second-order valence-corrected chi connectivity index (χ2v) is 4.48. The third kappa shape index (κ3) is 3.81. The number of rotatable bonds is 4. The van der Waals surface area contributed by atoms with E-state index in [1.54, 1.807) is 6.08 Å². The number of amides is 1. The van der Waals surface area contributed by atoms with E-state index in [1.807, 2.05) is 50.2 Å². The van der Waals surface area contributed by atoms with Crippen molar-refractivity contribution in [1.29, 1.82) is 0 Å². The lowest BCUT2D eigenvalue weighted by Gasteiger charge is -1.97. The number of nitrogens with one attached hydrogen (secondary N) is 1. The summed E-state index contributed by atoms with van der Waals surface area (Å²) in [5.74, 6) is 0.507. The largest absolute Gasteiger partial charge is 0.359 e. The van der Waals surface area contributed by atoms with Crippen molar-refractivity contribution in [2.75, 3.05) is 0 Å². The van der Waals surface area contributed by atoms with Gasteiger partial charge in [0, 0.05) is 17.7 Å². The minimum Gasteiger partial charge on any atom is -0.359 e. The zero-order chi connectivity index (χ0) is 13.7. The van der Waals surface area contributed by atoms with Gasteiger partial charge in [-0.1, -0.05) is 41.1 Å². The molecule has 2 rings (SSSR count). The molecule has 0 aliphatic heterocycles. The molecule has 1 amide bonds. The highest BCUT2D eigenvalue weighted by Gasteiger charge is 2.06. The molecule has 1 aromatic heterocycles. The lowest BCUT2D eigenvalue weighted by atomic mass is 10.1. The van der Waals surface area contributed by atoms with Crippen LogP contribution in [0.25, 0.3) is 11.3 Å². The summed E-state index contributed by atoms with van der Waals surface area (Å²) in [6, 6.07) is 11.6. The van der Waals surface area contributed by atoms with Gasteiger partial charge in [0.2, 0.25) is 5.91 Å². The van der Waals surface area contributed by atoms with Gasteiger partial charge in [-0.25, -0.2) is 0 Å². The first-order valence-corrected chi connectivity index (χ1v) is 6.09. The van der Waals surface area contributed by atoms with Crippen LogP contribution in [0.4, 0.5) is 0 Å². The van der Waals surface area contributed by atoms with Crippen molar-refractivity contribution in [3.8, 4) is 11.3 Å². The van der Waals surface area contributed by atoms with Crippen molar-refractivity contribution in [3.63, 3.8) is 0 Å². The second kappa shape index (κ2) is 6.00. The molecule has 0 aliphatic carbocycles. The SMILES string of the molecule is CC(C)=CC(=O)NCc1cc(-c2ccccc2)no1. The van der Waals surface area contributed by atoms with Gasteiger partial charge in [-0.3, -0.25) is 4.79 Å². The fourth-order valence-corrected chi connectivity index (χ4v) is 1.63. The number of aromatic nitrogens is 1. The summed E-state index contributed by atoms with van der Waals surface area (Å²) in [5.41, 5.74) is 2.72. The fraction of sp³-hybridized carbons (Fsp3) is 0.200. The minimum atomic E-state index is -0.127. The van der Waals surface area contributed by atoms with E-state index in [2.05, 4.69) is 10.5 Å². The number of carbonyl (C=O) groups is 1. The molecule has 1 N–H and O–H groups in total. The average Bonchev–Trinajstić information content (AvgIpc) is 2.85. The van der Waals surface area contributed by atoms with E-state index in [4.69, 9.17) is 4.52 Å². The van der Waals surface area contributed by atoms with Crippen LogP contribution in [0.5, 0.6) is 0 Å². The number of hydrogen-bond acceptors (Lipinski definition) is 3. The molecular weight excluding hydrogens is 240 g/mol. The Kier molecular flexibility index (Phi) is 4.13. The number of hydrogen-bond donors (Lipinski definition) is 1. The molecule has 0 atom stereocenters. The number of nitrogens with zero attached hydrogens (tertiary/aromatic N) is 1. The Bertz CT molecular complexity index is 581. The summed E-state index contributed by atoms with van der Waals surface area (Å²) in [4.78, 5) is 11.5. The maximum absolute atomic E-state index is 11.5. The smallest absolute Gasteiger partial charge is 0.244 e. The second-order valence-electron chi connectivity index (χ2n) is 4.48. The Morgan fingerprint density at radius 1 is 1.32 bits per heavy atom. The maximum atomic E-state index is 11.5. The zero-order valence-corrected chi connectivity index (χ0v) is 11.0. The Balaban J connectivity index is 1.99. The Morgan fingerprint density at radius 2 is 2.05 bits per heavy atom. The van der Waals surface area contributed by atoms with Gasteiger partial charge in [0.25, 0.3) is 0 Å². The average molecular weight is 256 g/mol. The molecule has 1 heterocycles. The predicted octanol–water partition coefficient (Wildman–Crippen LogP) is 2.92. The molecule has 0 saturated heterocycles. The number of benzene rings is 1. The first-order valence-electron chi connectivity index (χ1n) is 6.09. The van der Waals surface area contributed by atoms with Crippen molar-refractivity contribution >= 4 is 5.91 Å². The molecule has 19 heavy (non-hydrogen) atoms. The molecule has 0 radical (unpaired) electrons. The van der Waals surface area contributed by atoms with Crippen LogP contribution in [-0.2, 0) is 11.3 Å². The van der Waals surface area contributed by atoms with Crippen LogP contribution in [0, 0.1) is 0 Å². The first kappa shape index (κ1) is 13.1. The van der Waals surface area contributed by atoms with Crippen LogP contribution < -0.4 is 5.32 Å². The van der Waals surface area contributed by atoms with Crippen molar-refractivity contribution < 1.29 is 9.32 Å². The monoisotopic (exact) mass is 256 g/mol. The van der Waals surface area contributed by atoms with Gasteiger partial charge in [-0.2, -0.15) is 0 Å². The molecular formula is C15H16N2O2. The Hall–Kier alpha value is -2.36. The van der Waals surface area contributed by atoms with Gasteiger partial charge in [0.05, 0.1) is 6.54 Å². The molecule has 0 spiro atoms. The van der Waals surface area contributed by atoms with E-state index >= 15 is 0 Å². The van der Waals surface area contributed by atoms with Gasteiger partial charge in [-0.15, -0.1) is 0 Å². The third-order valence-corrected chi connectivity index (χ3v) is 2.49. The summed E-state index contributed by atoms with van der Waals surface area (Å²) >= 11 is 0. The molecule has 0 unspecified atom stereocenters. The van der Waals surface area contributed by atoms with E-state index in [0.29, 0.717) is 12.3 Å². The fourth-order valence-electron chi connectivity index (χ4n) is 1.63. The van der Waals surface area contributed by atoms with E-state index in [-0.39, 0.29) is 5.91 Å². The van der Waals surface area contributed by atoms with Gasteiger partial charge in [-0.05, 0) is 13.8 Å². The van der Waals surface area contributed by atoms with E-state index in [0.717, 1.165) is 16.8 Å². The van der Waals surface area contributed by atoms with Crippen LogP contribution in [0.2, 0.25) is 0 Å². The molecule has 0 saturated carbocycles. The first-order chi connectivity index (χ1) is 9.15. The highest BCUT2D eigenvalue weighted by atomic mass is 16.5. The van der Waals surface area contributed by atoms with Crippen molar-refractivity contribution in [2.45, 2.75) is 20.4 Å². The maximum Gasteiger partial charge on any atom is 0.244 e. The molecule has 0 bridgehead atoms. The van der Waals surface area contributed by atoms with Crippen LogP contribution >= 0.6 is 0 Å². The lowest BCUT2D eigenvalue weighted by molar-refractivity contribution is -0.116. The molecule has 4 nitrogen and oxygen atoms in total. The Morgan fingerprint density at radius 3 is 2.74 bits per heavy atom. The molecule has 0 aliphatic rings. The number of allylic oxidation sites excluding steroid dienone is 1. The standard InChI is InChI=1S/C15H16N2O2/c1-11(2)8-15(18)16-10-13-9-14(17-19-13)12-6-4-3-5-7-12/h3-9H,10H2,1-2H3,(H,16,18). The van der Waals surface area contributed by atoms with Crippen LogP contribution in [0.1, 0.15) is 19.6 Å². The minimum absolute atomic E-state index is 0.127. The van der Waals surface area contributed by atoms with Crippen molar-refractivity contribution in [1.82, 2.24) is 10.5 Å². The topological polar surface area (TPSA) is 55.1 Å². The number of carbonyl (C=O) groups excluding carboxylic acids is 1. The van der Waals surface area contributed by atoms with Crippen molar-refractivity contribution in [2.24, 2.45) is 0 Å². The van der Waals surface area contributed by atoms with E-state index < -0.39 is 0 Å². The summed E-state index contributed by atoms with van der Waals surface area (Å²) < 4.78 is 5.19. The third-order valence-electron chi connectivity index (χ3n) is 2.49. The summed E-state index contributed by atoms with van der Waals surface area (Å²) in [6.45, 7) is 4.09. The van der Waals surface area contributed by atoms with Gasteiger partial charge in [0.15, 0.2) is 5.76 Å². The quantitative estimate of drug-likeness (QED) is 0.856. The zero-order valence-electron chi connectivity index (χ0n) is 11.0. The highest BCUT2D eigenvalue weighted by molar-refractivity contribution is 5.87. The summed E-state index contributed by atoms with van der Waals surface area (Å²) in [5, 5.41) is 6.73. The molecule has 0 fully saturated rings. The normalized spacial score (nSPS) is 10.0. The van der Waals surface area contributed by atoms with Crippen LogP contribution in [0.15, 0.2) is 52.6 Å². The predicted molar refractivity (Wildman–Crippen MR) is 73.2 cm³/mol. The van der Waals surface area contributed by atoms with Gasteiger partial charge in [0.1, 0.15) is 5.69 Å². The Labute approximate surface area is 112 Å². The summed E-state index contributed by atoms with van der Waals surface area (Å²) in [7, 11) is 0. The van der Waals surface area contributed by atoms with Crippen LogP contribution in [0.3, 0.4) is 0 Å². The summed E-state index contributed by atoms with van der Waals surface area (Å²) in [6.07, 6.45) is 1.55. The van der Waals surface area contributed by atoms with Crippen LogP contribution in [-0.4, -0.2) is 11.1 Å². The van der Waals surface area contributed by atoms with Gasteiger partial charge < -0.3 is 9.84 Å². The molecule has 1 aromatic carbocycles. The molecule has 98 valence electrons. The highest BCUT2D eigenvalue weighted by Crippen LogP contribution is 2.18. The van der Waals surface area contributed by atoms with Crippen molar-refractivity contribution in [3.05, 3.63) is 53.8 Å². The van der Waals surface area contributed by atoms with E-state index in [1.165, 1.54) is 0 Å².